The topological polar surface area (TPSA) is 79.5 Å². The van der Waals surface area contributed by atoms with E-state index in [0.717, 1.165) is 11.1 Å². The molecule has 1 aliphatic rings. The van der Waals surface area contributed by atoms with Crippen LogP contribution in [0.15, 0.2) is 59.5 Å². The molecule has 1 atom stereocenters. The minimum atomic E-state index is -0.462. The van der Waals surface area contributed by atoms with Gasteiger partial charge in [0.2, 0.25) is 11.8 Å². The average molecular weight is 380 g/mol. The molecule has 0 spiro atoms. The summed E-state index contributed by atoms with van der Waals surface area (Å²) in [5, 5.41) is 6.99. The number of furan rings is 1. The van der Waals surface area contributed by atoms with E-state index >= 15 is 0 Å². The summed E-state index contributed by atoms with van der Waals surface area (Å²) in [5.41, 5.74) is 2.15. The number of nitrogens with zero attached hydrogens (tertiary/aromatic N) is 2. The van der Waals surface area contributed by atoms with Crippen LogP contribution < -0.4 is 10.6 Å². The first-order chi connectivity index (χ1) is 13.7. The largest absolute Gasteiger partial charge is 0.472 e. The zero-order valence-electron chi connectivity index (χ0n) is 15.6. The molecule has 2 amide bonds. The predicted molar refractivity (Wildman–Crippen MR) is 105 cm³/mol. The van der Waals surface area contributed by atoms with Crippen molar-refractivity contribution in [2.24, 2.45) is 0 Å². The van der Waals surface area contributed by atoms with E-state index < -0.39 is 6.04 Å². The van der Waals surface area contributed by atoms with E-state index in [4.69, 9.17) is 4.42 Å². The number of benzene rings is 1. The fraction of sp³-hybridized carbons (Fsp3) is 0.333. The van der Waals surface area contributed by atoms with Gasteiger partial charge in [-0.3, -0.25) is 14.5 Å². The summed E-state index contributed by atoms with van der Waals surface area (Å²) in [6.07, 6.45) is 5.46. The van der Waals surface area contributed by atoms with E-state index in [-0.39, 0.29) is 18.2 Å². The Labute approximate surface area is 163 Å². The predicted octanol–water partition coefficient (Wildman–Crippen LogP) is 1.74. The molecule has 0 bridgehead atoms. The van der Waals surface area contributed by atoms with Crippen LogP contribution in [0.25, 0.3) is 10.9 Å². The summed E-state index contributed by atoms with van der Waals surface area (Å²) >= 11 is 0. The number of fused-ring (bicyclic) bond motifs is 1. The highest BCUT2D eigenvalue weighted by atomic mass is 16.3. The van der Waals surface area contributed by atoms with Crippen LogP contribution in [0.3, 0.4) is 0 Å². The number of para-hydroxylation sites is 1. The van der Waals surface area contributed by atoms with Crippen molar-refractivity contribution < 1.29 is 14.0 Å². The molecule has 7 nitrogen and oxygen atoms in total. The van der Waals surface area contributed by atoms with Crippen molar-refractivity contribution in [2.45, 2.75) is 25.6 Å². The quantitative estimate of drug-likeness (QED) is 0.654. The van der Waals surface area contributed by atoms with Gasteiger partial charge in [0.15, 0.2) is 0 Å². The highest BCUT2D eigenvalue weighted by Crippen LogP contribution is 2.15. The Morgan fingerprint density at radius 1 is 1.25 bits per heavy atom. The molecule has 1 aromatic carbocycles. The normalized spacial score (nSPS) is 17.6. The minimum Gasteiger partial charge on any atom is -0.472 e. The van der Waals surface area contributed by atoms with Gasteiger partial charge in [-0.2, -0.15) is 0 Å². The third-order valence-corrected chi connectivity index (χ3v) is 5.14. The first-order valence-corrected chi connectivity index (χ1v) is 9.54. The van der Waals surface area contributed by atoms with Crippen molar-refractivity contribution in [3.8, 4) is 0 Å². The number of piperazine rings is 1. The van der Waals surface area contributed by atoms with Crippen molar-refractivity contribution in [3.63, 3.8) is 0 Å². The third-order valence-electron chi connectivity index (χ3n) is 5.14. The van der Waals surface area contributed by atoms with Gasteiger partial charge < -0.3 is 19.6 Å². The Balaban J connectivity index is 1.31. The molecule has 1 aliphatic heterocycles. The first-order valence-electron chi connectivity index (χ1n) is 9.54. The van der Waals surface area contributed by atoms with Crippen LogP contribution in [0.4, 0.5) is 0 Å². The zero-order valence-corrected chi connectivity index (χ0v) is 15.6. The Morgan fingerprint density at radius 3 is 3.00 bits per heavy atom. The van der Waals surface area contributed by atoms with Crippen LogP contribution in [0.5, 0.6) is 0 Å². The van der Waals surface area contributed by atoms with E-state index in [1.165, 1.54) is 5.39 Å². The van der Waals surface area contributed by atoms with Crippen molar-refractivity contribution in [1.29, 1.82) is 0 Å². The van der Waals surface area contributed by atoms with Crippen LogP contribution >= 0.6 is 0 Å². The molecule has 0 unspecified atom stereocenters. The molecule has 4 rings (SSSR count). The number of carbonyl (C=O) groups is 2. The minimum absolute atomic E-state index is 0.0960. The highest BCUT2D eigenvalue weighted by Gasteiger charge is 2.31. The number of carbonyl (C=O) groups excluding carboxylic acids is 2. The van der Waals surface area contributed by atoms with Crippen LogP contribution in [0, 0.1) is 0 Å². The van der Waals surface area contributed by atoms with Gasteiger partial charge in [-0.05, 0) is 23.6 Å². The molecular weight excluding hydrogens is 356 g/mol. The van der Waals surface area contributed by atoms with Gasteiger partial charge in [0.1, 0.15) is 0 Å². The zero-order chi connectivity index (χ0) is 19.3. The molecule has 1 fully saturated rings. The van der Waals surface area contributed by atoms with Gasteiger partial charge in [-0.15, -0.1) is 0 Å². The van der Waals surface area contributed by atoms with E-state index in [1.54, 1.807) is 12.5 Å². The lowest BCUT2D eigenvalue weighted by molar-refractivity contribution is -0.134. The van der Waals surface area contributed by atoms with Gasteiger partial charge >= 0.3 is 0 Å². The fourth-order valence-corrected chi connectivity index (χ4v) is 3.69. The average Bonchev–Trinajstić information content (AvgIpc) is 3.35. The molecule has 3 aromatic rings. The van der Waals surface area contributed by atoms with Crippen LogP contribution in [-0.4, -0.2) is 47.0 Å². The molecule has 1 saturated heterocycles. The lowest BCUT2D eigenvalue weighted by atomic mass is 10.1. The number of nitrogens with one attached hydrogen (secondary N) is 2. The number of amides is 2. The first kappa shape index (κ1) is 18.3. The maximum atomic E-state index is 12.5. The molecule has 0 saturated carbocycles. The summed E-state index contributed by atoms with van der Waals surface area (Å²) in [6.45, 7) is 3.11. The third kappa shape index (κ3) is 4.09. The number of aromatic nitrogens is 1. The van der Waals surface area contributed by atoms with Crippen molar-refractivity contribution in [3.05, 3.63) is 60.7 Å². The molecule has 3 heterocycles. The van der Waals surface area contributed by atoms with E-state index in [2.05, 4.69) is 33.4 Å². The van der Waals surface area contributed by atoms with E-state index in [9.17, 15) is 9.59 Å². The Morgan fingerprint density at radius 2 is 2.14 bits per heavy atom. The van der Waals surface area contributed by atoms with Crippen LogP contribution in [0.1, 0.15) is 12.0 Å². The SMILES string of the molecule is O=C(C[C@@H]1C(=O)NCCN1Cc1ccoc1)NCCn1ccc2ccccc21. The molecule has 7 heteroatoms. The number of hydrogen-bond acceptors (Lipinski definition) is 4. The Bertz CT molecular complexity index is 948. The second-order valence-corrected chi connectivity index (χ2v) is 7.03. The maximum absolute atomic E-state index is 12.5. The van der Waals surface area contributed by atoms with Crippen molar-refractivity contribution in [2.75, 3.05) is 19.6 Å². The highest BCUT2D eigenvalue weighted by molar-refractivity contribution is 5.88. The molecular formula is C21H24N4O3. The molecule has 0 radical (unpaired) electrons. The van der Waals surface area contributed by atoms with Gasteiger partial charge in [-0.25, -0.2) is 0 Å². The van der Waals surface area contributed by atoms with Gasteiger partial charge in [0.05, 0.1) is 25.0 Å². The standard InChI is InChI=1S/C21H24N4O3/c26-20(22-7-10-24-9-5-17-3-1-2-4-18(17)24)13-19-21(27)23-8-11-25(19)14-16-6-12-28-15-16/h1-6,9,12,15,19H,7-8,10-11,13-14H2,(H,22,26)(H,23,27)/t19-/m1/s1. The monoisotopic (exact) mass is 380 g/mol. The molecule has 28 heavy (non-hydrogen) atoms. The second-order valence-electron chi connectivity index (χ2n) is 7.03. The van der Waals surface area contributed by atoms with E-state index in [0.29, 0.717) is 32.7 Å². The maximum Gasteiger partial charge on any atom is 0.237 e. The van der Waals surface area contributed by atoms with Gasteiger partial charge in [-0.1, -0.05) is 18.2 Å². The smallest absolute Gasteiger partial charge is 0.237 e. The lowest BCUT2D eigenvalue weighted by Gasteiger charge is -2.34. The fourth-order valence-electron chi connectivity index (χ4n) is 3.69. The Kier molecular flexibility index (Phi) is 5.43. The molecule has 2 N–H and O–H groups in total. The van der Waals surface area contributed by atoms with E-state index in [1.807, 2.05) is 29.3 Å². The van der Waals surface area contributed by atoms with Gasteiger partial charge in [0.25, 0.3) is 0 Å². The van der Waals surface area contributed by atoms with Crippen LogP contribution in [0.2, 0.25) is 0 Å². The summed E-state index contributed by atoms with van der Waals surface area (Å²) in [4.78, 5) is 26.8. The van der Waals surface area contributed by atoms with Crippen molar-refractivity contribution in [1.82, 2.24) is 20.1 Å². The summed E-state index contributed by atoms with van der Waals surface area (Å²) in [7, 11) is 0. The van der Waals surface area contributed by atoms with Gasteiger partial charge in [0, 0.05) is 50.0 Å². The number of rotatable bonds is 7. The summed E-state index contributed by atoms with van der Waals surface area (Å²) in [6, 6.07) is 11.6. The molecule has 0 aliphatic carbocycles. The van der Waals surface area contributed by atoms with Crippen LogP contribution in [-0.2, 0) is 22.7 Å². The number of hydrogen-bond donors (Lipinski definition) is 2. The molecule has 146 valence electrons. The summed E-state index contributed by atoms with van der Waals surface area (Å²) in [5.74, 6) is -0.211. The second kappa shape index (κ2) is 8.31. The Hall–Kier alpha value is -3.06. The molecule has 2 aromatic heterocycles. The van der Waals surface area contributed by atoms with Crippen molar-refractivity contribution >= 4 is 22.7 Å². The lowest BCUT2D eigenvalue weighted by Crippen LogP contribution is -2.56. The summed E-state index contributed by atoms with van der Waals surface area (Å²) < 4.78 is 7.23.